The van der Waals surface area contributed by atoms with Crippen LogP contribution < -0.4 is 10.1 Å². The molecule has 1 aromatic rings. The summed E-state index contributed by atoms with van der Waals surface area (Å²) >= 11 is 0. The molecule has 2 N–H and O–H groups in total. The highest BCUT2D eigenvalue weighted by molar-refractivity contribution is 5.77. The van der Waals surface area contributed by atoms with E-state index in [1.165, 1.54) is 18.2 Å². The van der Waals surface area contributed by atoms with Crippen molar-refractivity contribution in [2.45, 2.75) is 26.3 Å². The smallest absolute Gasteiger partial charge is 0.258 e. The van der Waals surface area contributed by atoms with E-state index >= 15 is 0 Å². The zero-order valence-corrected chi connectivity index (χ0v) is 11.2. The van der Waals surface area contributed by atoms with Gasteiger partial charge in [-0.2, -0.15) is 0 Å². The number of aliphatic hydroxyl groups is 1. The van der Waals surface area contributed by atoms with Crippen molar-refractivity contribution >= 4 is 5.91 Å². The second-order valence-corrected chi connectivity index (χ2v) is 4.82. The molecule has 0 fully saturated rings. The predicted molar refractivity (Wildman–Crippen MR) is 70.4 cm³/mol. The van der Waals surface area contributed by atoms with E-state index in [4.69, 9.17) is 9.84 Å². The first-order chi connectivity index (χ1) is 9.01. The average Bonchev–Trinajstić information content (AvgIpc) is 2.35. The van der Waals surface area contributed by atoms with Crippen LogP contribution >= 0.6 is 0 Å². The number of nitrogens with one attached hydrogen (secondary N) is 1. The van der Waals surface area contributed by atoms with Crippen molar-refractivity contribution in [3.05, 3.63) is 30.1 Å². The number of carbonyl (C=O) groups excluding carboxylic acids is 1. The maximum atomic E-state index is 12.9. The van der Waals surface area contributed by atoms with Crippen LogP contribution in [-0.4, -0.2) is 30.3 Å². The molecule has 0 saturated heterocycles. The number of rotatable bonds is 7. The van der Waals surface area contributed by atoms with E-state index in [-0.39, 0.29) is 25.2 Å². The van der Waals surface area contributed by atoms with E-state index in [1.54, 1.807) is 6.07 Å². The Balaban J connectivity index is 2.38. The van der Waals surface area contributed by atoms with Gasteiger partial charge >= 0.3 is 0 Å². The fourth-order valence-corrected chi connectivity index (χ4v) is 1.72. The molecule has 0 aliphatic rings. The summed E-state index contributed by atoms with van der Waals surface area (Å²) in [5.74, 6) is -0.0592. The molecule has 1 unspecified atom stereocenters. The summed E-state index contributed by atoms with van der Waals surface area (Å²) in [6.45, 7) is 3.72. The minimum atomic E-state index is -0.411. The van der Waals surface area contributed by atoms with Crippen molar-refractivity contribution in [3.63, 3.8) is 0 Å². The van der Waals surface area contributed by atoms with Gasteiger partial charge in [0.25, 0.3) is 5.91 Å². The molecule has 5 heteroatoms. The van der Waals surface area contributed by atoms with Crippen LogP contribution in [0.25, 0.3) is 0 Å². The summed E-state index contributed by atoms with van der Waals surface area (Å²) < 4.78 is 18.1. The lowest BCUT2D eigenvalue weighted by Gasteiger charge is -2.18. The van der Waals surface area contributed by atoms with Gasteiger partial charge in [-0.05, 0) is 24.5 Å². The van der Waals surface area contributed by atoms with Gasteiger partial charge in [0.05, 0.1) is 12.6 Å². The number of carbonyl (C=O) groups is 1. The molecule has 0 bridgehead atoms. The quantitative estimate of drug-likeness (QED) is 0.792. The summed E-state index contributed by atoms with van der Waals surface area (Å²) in [4.78, 5) is 11.6. The van der Waals surface area contributed by atoms with Gasteiger partial charge < -0.3 is 15.2 Å². The van der Waals surface area contributed by atoms with Crippen molar-refractivity contribution in [2.24, 2.45) is 5.92 Å². The third-order valence-electron chi connectivity index (χ3n) is 2.51. The van der Waals surface area contributed by atoms with Gasteiger partial charge in [-0.3, -0.25) is 4.79 Å². The molecular weight excluding hydrogens is 249 g/mol. The van der Waals surface area contributed by atoms with Gasteiger partial charge in [-0.25, -0.2) is 4.39 Å². The van der Waals surface area contributed by atoms with Crippen molar-refractivity contribution in [2.75, 3.05) is 13.2 Å². The van der Waals surface area contributed by atoms with Gasteiger partial charge in [0, 0.05) is 6.07 Å². The van der Waals surface area contributed by atoms with Crippen molar-refractivity contribution < 1.29 is 19.0 Å². The van der Waals surface area contributed by atoms with Crippen LogP contribution in [0.5, 0.6) is 5.75 Å². The molecule has 0 radical (unpaired) electrons. The monoisotopic (exact) mass is 269 g/mol. The van der Waals surface area contributed by atoms with Crippen LogP contribution in [0.2, 0.25) is 0 Å². The van der Waals surface area contributed by atoms with Gasteiger partial charge in [0.15, 0.2) is 6.61 Å². The molecular formula is C14H20FNO3. The normalized spacial score (nSPS) is 12.3. The largest absolute Gasteiger partial charge is 0.484 e. The molecule has 0 spiro atoms. The Morgan fingerprint density at radius 3 is 2.79 bits per heavy atom. The topological polar surface area (TPSA) is 58.6 Å². The third kappa shape index (κ3) is 6.20. The van der Waals surface area contributed by atoms with Crippen LogP contribution in [0.3, 0.4) is 0 Å². The van der Waals surface area contributed by atoms with E-state index in [9.17, 15) is 9.18 Å². The molecule has 1 atom stereocenters. The Labute approximate surface area is 112 Å². The van der Waals surface area contributed by atoms with Crippen LogP contribution in [-0.2, 0) is 4.79 Å². The second kappa shape index (κ2) is 7.74. The molecule has 0 aromatic heterocycles. The van der Waals surface area contributed by atoms with Gasteiger partial charge in [0.2, 0.25) is 0 Å². The lowest BCUT2D eigenvalue weighted by atomic mass is 10.0. The summed E-state index contributed by atoms with van der Waals surface area (Å²) in [5.41, 5.74) is 0. The van der Waals surface area contributed by atoms with E-state index in [0.29, 0.717) is 18.1 Å². The van der Waals surface area contributed by atoms with E-state index in [1.807, 2.05) is 13.8 Å². The fourth-order valence-electron chi connectivity index (χ4n) is 1.72. The highest BCUT2D eigenvalue weighted by Gasteiger charge is 2.13. The van der Waals surface area contributed by atoms with E-state index in [0.717, 1.165) is 0 Å². The van der Waals surface area contributed by atoms with Crippen LogP contribution in [0.1, 0.15) is 20.3 Å². The maximum Gasteiger partial charge on any atom is 0.258 e. The number of aliphatic hydroxyl groups excluding tert-OH is 1. The Morgan fingerprint density at radius 1 is 1.47 bits per heavy atom. The molecule has 0 aliphatic carbocycles. The zero-order chi connectivity index (χ0) is 14.3. The first kappa shape index (κ1) is 15.4. The number of hydrogen-bond donors (Lipinski definition) is 2. The number of benzene rings is 1. The number of ether oxygens (including phenoxy) is 1. The molecule has 0 aliphatic heterocycles. The van der Waals surface area contributed by atoms with Crippen LogP contribution in [0.15, 0.2) is 24.3 Å². The second-order valence-electron chi connectivity index (χ2n) is 4.82. The fraction of sp³-hybridized carbons (Fsp3) is 0.500. The summed E-state index contributed by atoms with van der Waals surface area (Å²) in [6.07, 6.45) is 0.697. The molecule has 1 aromatic carbocycles. The molecule has 0 saturated carbocycles. The molecule has 1 rings (SSSR count). The van der Waals surface area contributed by atoms with Crippen molar-refractivity contribution in [3.8, 4) is 5.75 Å². The Kier molecular flexibility index (Phi) is 6.29. The van der Waals surface area contributed by atoms with Gasteiger partial charge in [0.1, 0.15) is 11.6 Å². The molecule has 19 heavy (non-hydrogen) atoms. The maximum absolute atomic E-state index is 12.9. The van der Waals surface area contributed by atoms with Gasteiger partial charge in [-0.15, -0.1) is 0 Å². The first-order valence-electron chi connectivity index (χ1n) is 6.30. The standard InChI is InChI=1S/C14H20FNO3/c1-10(2)6-12(8-17)16-14(18)9-19-13-5-3-4-11(15)7-13/h3-5,7,10,12,17H,6,8-9H2,1-2H3,(H,16,18). The SMILES string of the molecule is CC(C)CC(CO)NC(=O)COc1cccc(F)c1. The molecule has 0 heterocycles. The number of halogens is 1. The Morgan fingerprint density at radius 2 is 2.21 bits per heavy atom. The molecule has 106 valence electrons. The van der Waals surface area contributed by atoms with E-state index in [2.05, 4.69) is 5.32 Å². The number of hydrogen-bond acceptors (Lipinski definition) is 3. The Hall–Kier alpha value is -1.62. The lowest BCUT2D eigenvalue weighted by molar-refractivity contribution is -0.124. The minimum absolute atomic E-state index is 0.107. The summed E-state index contributed by atoms with van der Waals surface area (Å²) in [5, 5.41) is 11.8. The first-order valence-corrected chi connectivity index (χ1v) is 6.30. The van der Waals surface area contributed by atoms with Crippen LogP contribution in [0.4, 0.5) is 4.39 Å². The van der Waals surface area contributed by atoms with Crippen molar-refractivity contribution in [1.82, 2.24) is 5.32 Å². The lowest BCUT2D eigenvalue weighted by Crippen LogP contribution is -2.40. The zero-order valence-electron chi connectivity index (χ0n) is 11.2. The van der Waals surface area contributed by atoms with Gasteiger partial charge in [-0.1, -0.05) is 19.9 Å². The van der Waals surface area contributed by atoms with Crippen LogP contribution in [0, 0.1) is 11.7 Å². The minimum Gasteiger partial charge on any atom is -0.484 e. The summed E-state index contributed by atoms with van der Waals surface area (Å²) in [7, 11) is 0. The highest BCUT2D eigenvalue weighted by Crippen LogP contribution is 2.11. The molecule has 4 nitrogen and oxygen atoms in total. The van der Waals surface area contributed by atoms with Crippen molar-refractivity contribution in [1.29, 1.82) is 0 Å². The highest BCUT2D eigenvalue weighted by atomic mass is 19.1. The number of amides is 1. The molecule has 1 amide bonds. The summed E-state index contributed by atoms with van der Waals surface area (Å²) in [6, 6.07) is 5.33. The average molecular weight is 269 g/mol. The van der Waals surface area contributed by atoms with E-state index < -0.39 is 5.82 Å². The third-order valence-corrected chi connectivity index (χ3v) is 2.51. The predicted octanol–water partition coefficient (Wildman–Crippen LogP) is 1.73. The Bertz CT molecular complexity index is 409.